The van der Waals surface area contributed by atoms with Gasteiger partial charge in [-0.3, -0.25) is 0 Å². The number of anilines is 5. The Morgan fingerprint density at radius 3 is 1.69 bits per heavy atom. The summed E-state index contributed by atoms with van der Waals surface area (Å²) in [6.45, 7) is 4.84. The summed E-state index contributed by atoms with van der Waals surface area (Å²) in [5.74, 6) is 0.839. The predicted molar refractivity (Wildman–Crippen MR) is 275 cm³/mol. The second-order valence-corrected chi connectivity index (χ2v) is 18.1. The van der Waals surface area contributed by atoms with Crippen molar-refractivity contribution in [2.24, 2.45) is 5.92 Å². The molecule has 0 radical (unpaired) electrons. The average molecular weight is 837 g/mol. The van der Waals surface area contributed by atoms with Gasteiger partial charge in [-0.2, -0.15) is 0 Å². The Morgan fingerprint density at radius 2 is 0.985 bits per heavy atom. The van der Waals surface area contributed by atoms with Crippen LogP contribution in [0.15, 0.2) is 248 Å². The Hall–Kier alpha value is -7.68. The molecule has 0 spiro atoms. The molecule has 0 amide bonds. The van der Waals surface area contributed by atoms with Gasteiger partial charge in [-0.25, -0.2) is 0 Å². The van der Waals surface area contributed by atoms with Crippen LogP contribution >= 0.6 is 0 Å². The van der Waals surface area contributed by atoms with E-state index in [2.05, 4.69) is 266 Å². The molecule has 0 N–H and O–H groups in total. The summed E-state index contributed by atoms with van der Waals surface area (Å²) in [6, 6.07) is 75.6. The van der Waals surface area contributed by atoms with E-state index in [1.165, 1.54) is 61.3 Å². The summed E-state index contributed by atoms with van der Waals surface area (Å²) in [7, 11) is 0. The van der Waals surface area contributed by atoms with Gasteiger partial charge in [-0.15, -0.1) is 0 Å². The van der Waals surface area contributed by atoms with Crippen LogP contribution in [-0.4, -0.2) is 0 Å². The molecule has 0 aliphatic heterocycles. The van der Waals surface area contributed by atoms with Gasteiger partial charge in [0.1, 0.15) is 0 Å². The third kappa shape index (κ3) is 7.55. The number of fused-ring (bicyclic) bond motifs is 3. The van der Waals surface area contributed by atoms with Gasteiger partial charge in [-0.1, -0.05) is 196 Å². The maximum atomic E-state index is 2.47. The number of benzene rings is 8. The van der Waals surface area contributed by atoms with Crippen LogP contribution < -0.4 is 9.80 Å². The van der Waals surface area contributed by atoms with Crippen LogP contribution in [0.2, 0.25) is 0 Å². The highest BCUT2D eigenvalue weighted by Crippen LogP contribution is 2.55. The summed E-state index contributed by atoms with van der Waals surface area (Å²) >= 11 is 0. The van der Waals surface area contributed by atoms with Crippen molar-refractivity contribution in [1.29, 1.82) is 0 Å². The first kappa shape index (κ1) is 40.1. The van der Waals surface area contributed by atoms with Crippen LogP contribution in [0.25, 0.3) is 39.0 Å². The van der Waals surface area contributed by atoms with Crippen molar-refractivity contribution < 1.29 is 0 Å². The van der Waals surface area contributed by atoms with Gasteiger partial charge >= 0.3 is 0 Å². The number of allylic oxidation sites excluding steroid dienone is 8. The zero-order valence-corrected chi connectivity index (χ0v) is 37.1. The van der Waals surface area contributed by atoms with E-state index < -0.39 is 0 Å². The highest BCUT2D eigenvalue weighted by molar-refractivity contribution is 5.95. The SMILES string of the molecule is CC1(C)c2cc(N(c3ccccc3)c3ccccc3-c3ccc(N(C4=CC=C(c5ccccc5)CC4)c4ccc(-c5ccccc5)cc4)cc3-c3ccccc3)ccc2C2C=CC=CC21. The smallest absolute Gasteiger partial charge is 0.0540 e. The van der Waals surface area contributed by atoms with Crippen molar-refractivity contribution in [2.75, 3.05) is 9.80 Å². The molecule has 3 aliphatic carbocycles. The maximum absolute atomic E-state index is 2.47. The van der Waals surface area contributed by atoms with Crippen molar-refractivity contribution in [3.63, 3.8) is 0 Å². The molecule has 0 heterocycles. The number of nitrogens with zero attached hydrogens (tertiary/aromatic N) is 2. The molecule has 2 nitrogen and oxygen atoms in total. The molecule has 0 bridgehead atoms. The van der Waals surface area contributed by atoms with Crippen molar-refractivity contribution in [3.05, 3.63) is 265 Å². The van der Waals surface area contributed by atoms with Gasteiger partial charge in [-0.05, 0) is 135 Å². The second kappa shape index (κ2) is 17.1. The van der Waals surface area contributed by atoms with Gasteiger partial charge < -0.3 is 9.80 Å². The Bertz CT molecular complexity index is 3100. The van der Waals surface area contributed by atoms with Crippen molar-refractivity contribution in [3.8, 4) is 33.4 Å². The molecule has 0 saturated carbocycles. The minimum atomic E-state index is -0.00409. The molecule has 2 atom stereocenters. The first-order valence-corrected chi connectivity index (χ1v) is 23.1. The van der Waals surface area contributed by atoms with E-state index in [0.29, 0.717) is 11.8 Å². The van der Waals surface area contributed by atoms with Gasteiger partial charge in [0.05, 0.1) is 5.69 Å². The maximum Gasteiger partial charge on any atom is 0.0540 e. The predicted octanol–water partition coefficient (Wildman–Crippen LogP) is 17.2. The molecular formula is C63H52N2. The highest BCUT2D eigenvalue weighted by Gasteiger charge is 2.44. The summed E-state index contributed by atoms with van der Waals surface area (Å²) in [5, 5.41) is 0. The van der Waals surface area contributed by atoms with Crippen LogP contribution in [-0.2, 0) is 5.41 Å². The monoisotopic (exact) mass is 836 g/mol. The average Bonchev–Trinajstić information content (AvgIpc) is 3.61. The molecule has 65 heavy (non-hydrogen) atoms. The zero-order chi connectivity index (χ0) is 43.7. The van der Waals surface area contributed by atoms with Gasteiger partial charge in [0.25, 0.3) is 0 Å². The van der Waals surface area contributed by atoms with E-state index in [4.69, 9.17) is 0 Å². The third-order valence-corrected chi connectivity index (χ3v) is 13.9. The van der Waals surface area contributed by atoms with Gasteiger partial charge in [0, 0.05) is 39.9 Å². The van der Waals surface area contributed by atoms with Crippen LogP contribution in [0, 0.1) is 5.92 Å². The van der Waals surface area contributed by atoms with Crippen molar-refractivity contribution in [2.45, 2.75) is 38.0 Å². The van der Waals surface area contributed by atoms with Crippen LogP contribution in [0.3, 0.4) is 0 Å². The first-order chi connectivity index (χ1) is 32.0. The molecule has 11 rings (SSSR count). The fraction of sp³-hybridized carbons (Fsp3) is 0.111. The molecule has 2 heteroatoms. The number of hydrogen-bond donors (Lipinski definition) is 0. The fourth-order valence-corrected chi connectivity index (χ4v) is 10.6. The topological polar surface area (TPSA) is 6.48 Å². The quantitative estimate of drug-likeness (QED) is 0.135. The lowest BCUT2D eigenvalue weighted by Crippen LogP contribution is -2.24. The van der Waals surface area contributed by atoms with E-state index in [1.54, 1.807) is 0 Å². The molecular weight excluding hydrogens is 785 g/mol. The third-order valence-electron chi connectivity index (χ3n) is 13.9. The Kier molecular flexibility index (Phi) is 10.6. The molecule has 3 aliphatic rings. The molecule has 0 fully saturated rings. The van der Waals surface area contributed by atoms with Crippen molar-refractivity contribution >= 4 is 34.0 Å². The minimum absolute atomic E-state index is 0.00409. The zero-order valence-electron chi connectivity index (χ0n) is 37.1. The largest absolute Gasteiger partial charge is 0.314 e. The van der Waals surface area contributed by atoms with Crippen LogP contribution in [0.1, 0.15) is 49.3 Å². The van der Waals surface area contributed by atoms with E-state index in [-0.39, 0.29) is 5.41 Å². The Morgan fingerprint density at radius 1 is 0.415 bits per heavy atom. The molecule has 0 aromatic heterocycles. The summed E-state index contributed by atoms with van der Waals surface area (Å²) in [6.07, 6.45) is 15.8. The Balaban J connectivity index is 1.06. The van der Waals surface area contributed by atoms with E-state index in [9.17, 15) is 0 Å². The Labute approximate surface area is 384 Å². The number of hydrogen-bond acceptors (Lipinski definition) is 2. The summed E-state index contributed by atoms with van der Waals surface area (Å²) in [5.41, 5.74) is 19.6. The normalized spacial score (nSPS) is 16.8. The van der Waals surface area contributed by atoms with Crippen LogP contribution in [0.5, 0.6) is 0 Å². The lowest BCUT2D eigenvalue weighted by atomic mass is 9.74. The molecule has 314 valence electrons. The van der Waals surface area contributed by atoms with Gasteiger partial charge in [0.15, 0.2) is 0 Å². The van der Waals surface area contributed by atoms with E-state index in [1.807, 2.05) is 0 Å². The molecule has 2 unspecified atom stereocenters. The number of para-hydroxylation sites is 2. The standard InChI is InChI=1S/C63H52N2/c1-63(2)60-29-17-15-27-56(60)57-42-40-54(44-61(57)63)65(50-25-13-6-14-26-50)62-30-18-16-28-58(62)55-41-39-53(43-59(55)49-23-11-5-12-24-49)64(51-35-31-47(32-36-51)45-19-7-3-8-20-45)52-37-33-48(34-38-52)46-21-9-4-10-22-46/h3-33,35-37,39-44,56,60H,34,38H2,1-2H3. The summed E-state index contributed by atoms with van der Waals surface area (Å²) < 4.78 is 0. The first-order valence-electron chi connectivity index (χ1n) is 23.1. The minimum Gasteiger partial charge on any atom is -0.314 e. The molecule has 0 saturated heterocycles. The highest BCUT2D eigenvalue weighted by atomic mass is 15.2. The fourth-order valence-electron chi connectivity index (χ4n) is 10.6. The summed E-state index contributed by atoms with van der Waals surface area (Å²) in [4.78, 5) is 4.94. The second-order valence-electron chi connectivity index (χ2n) is 18.1. The lowest BCUT2D eigenvalue weighted by Gasteiger charge is -2.32. The number of rotatable bonds is 10. The molecule has 8 aromatic rings. The lowest BCUT2D eigenvalue weighted by molar-refractivity contribution is 0.394. The van der Waals surface area contributed by atoms with E-state index in [0.717, 1.165) is 41.3 Å². The molecule has 8 aromatic carbocycles. The van der Waals surface area contributed by atoms with Gasteiger partial charge in [0.2, 0.25) is 0 Å². The van der Waals surface area contributed by atoms with Crippen molar-refractivity contribution in [1.82, 2.24) is 0 Å². The van der Waals surface area contributed by atoms with E-state index >= 15 is 0 Å². The van der Waals surface area contributed by atoms with Crippen LogP contribution in [0.4, 0.5) is 28.4 Å².